The fourth-order valence-corrected chi connectivity index (χ4v) is 3.45. The summed E-state index contributed by atoms with van der Waals surface area (Å²) in [5.74, 6) is 0.121. The van der Waals surface area contributed by atoms with Gasteiger partial charge in [-0.3, -0.25) is 0 Å². The monoisotopic (exact) mass is 451 g/mol. The molecule has 0 spiro atoms. The van der Waals surface area contributed by atoms with Crippen molar-refractivity contribution in [3.05, 3.63) is 93.4 Å². The average Bonchev–Trinajstić information content (AvgIpc) is 2.69. The van der Waals surface area contributed by atoms with E-state index in [9.17, 15) is 4.79 Å². The normalized spacial score (nSPS) is 10.8. The van der Waals surface area contributed by atoms with Crippen LogP contribution in [-0.2, 0) is 0 Å². The number of fused-ring (bicyclic) bond motifs is 1. The van der Waals surface area contributed by atoms with Crippen LogP contribution in [0, 0.1) is 6.92 Å². The molecule has 0 atom stereocenters. The first kappa shape index (κ1) is 18.7. The molecule has 0 aliphatic rings. The Morgan fingerprint density at radius 2 is 1.75 bits per heavy atom. The van der Waals surface area contributed by atoms with E-state index in [1.807, 2.05) is 55.5 Å². The molecule has 1 aromatic heterocycles. The first-order chi connectivity index (χ1) is 13.5. The second kappa shape index (κ2) is 7.74. The summed E-state index contributed by atoms with van der Waals surface area (Å²) in [5.41, 5.74) is 3.63. The molecule has 0 unspecified atom stereocenters. The van der Waals surface area contributed by atoms with Crippen molar-refractivity contribution in [2.45, 2.75) is 6.92 Å². The third-order valence-electron chi connectivity index (χ3n) is 4.43. The summed E-state index contributed by atoms with van der Waals surface area (Å²) < 4.78 is 6.55. The number of halogens is 2. The number of pyridine rings is 1. The van der Waals surface area contributed by atoms with Crippen LogP contribution in [0.15, 0.2) is 77.3 Å². The summed E-state index contributed by atoms with van der Waals surface area (Å²) in [5, 5.41) is 1.37. The number of benzene rings is 3. The van der Waals surface area contributed by atoms with E-state index in [1.54, 1.807) is 24.3 Å². The van der Waals surface area contributed by atoms with Crippen LogP contribution < -0.4 is 4.74 Å². The van der Waals surface area contributed by atoms with Crippen LogP contribution >= 0.6 is 27.5 Å². The lowest BCUT2D eigenvalue weighted by atomic mass is 10.0. The second-order valence-corrected chi connectivity index (χ2v) is 7.73. The fraction of sp³-hybridized carbons (Fsp3) is 0.0435. The van der Waals surface area contributed by atoms with E-state index in [2.05, 4.69) is 15.9 Å². The number of hydrogen-bond donors (Lipinski definition) is 0. The smallest absolute Gasteiger partial charge is 0.344 e. The van der Waals surface area contributed by atoms with E-state index in [-0.39, 0.29) is 0 Å². The van der Waals surface area contributed by atoms with E-state index in [4.69, 9.17) is 21.3 Å². The minimum absolute atomic E-state index is 0.421. The highest BCUT2D eigenvalue weighted by atomic mass is 79.9. The molecule has 0 saturated heterocycles. The van der Waals surface area contributed by atoms with E-state index in [0.717, 1.165) is 21.0 Å². The van der Waals surface area contributed by atoms with Crippen molar-refractivity contribution in [3.63, 3.8) is 0 Å². The Morgan fingerprint density at radius 3 is 2.50 bits per heavy atom. The van der Waals surface area contributed by atoms with Gasteiger partial charge in [-0.05, 0) is 55.0 Å². The Kier molecular flexibility index (Phi) is 5.16. The molecular weight excluding hydrogens is 438 g/mol. The quantitative estimate of drug-likeness (QED) is 0.252. The van der Waals surface area contributed by atoms with Crippen LogP contribution in [0.2, 0.25) is 5.02 Å². The van der Waals surface area contributed by atoms with Gasteiger partial charge in [0.15, 0.2) is 0 Å². The number of aromatic nitrogens is 1. The van der Waals surface area contributed by atoms with Gasteiger partial charge >= 0.3 is 5.97 Å². The SMILES string of the molecule is Cc1ccccc1OC(=O)c1cc(-c2ccc(Cl)cc2)nc2ccc(Br)cc12. The Labute approximate surface area is 176 Å². The van der Waals surface area contributed by atoms with Crippen molar-refractivity contribution in [2.24, 2.45) is 0 Å². The second-order valence-electron chi connectivity index (χ2n) is 6.38. The maximum Gasteiger partial charge on any atom is 0.344 e. The molecule has 0 saturated carbocycles. The Balaban J connectivity index is 1.85. The number of aryl methyl sites for hydroxylation is 1. The summed E-state index contributed by atoms with van der Waals surface area (Å²) in [6, 6.07) is 22.2. The van der Waals surface area contributed by atoms with Crippen molar-refractivity contribution in [2.75, 3.05) is 0 Å². The number of para-hydroxylation sites is 1. The van der Waals surface area contributed by atoms with Crippen molar-refractivity contribution < 1.29 is 9.53 Å². The fourth-order valence-electron chi connectivity index (χ4n) is 2.96. The lowest BCUT2D eigenvalue weighted by Crippen LogP contribution is -2.11. The molecular formula is C23H15BrClNO2. The highest BCUT2D eigenvalue weighted by molar-refractivity contribution is 9.10. The van der Waals surface area contributed by atoms with Gasteiger partial charge in [0.2, 0.25) is 0 Å². The summed E-state index contributed by atoms with van der Waals surface area (Å²) >= 11 is 9.47. The van der Waals surface area contributed by atoms with Gasteiger partial charge in [-0.25, -0.2) is 9.78 Å². The zero-order valence-corrected chi connectivity index (χ0v) is 17.3. The van der Waals surface area contributed by atoms with E-state index >= 15 is 0 Å². The van der Waals surface area contributed by atoms with Gasteiger partial charge < -0.3 is 4.74 Å². The average molecular weight is 453 g/mol. The van der Waals surface area contributed by atoms with Crippen LogP contribution in [0.25, 0.3) is 22.2 Å². The van der Waals surface area contributed by atoms with E-state index in [0.29, 0.717) is 27.5 Å². The molecule has 3 nitrogen and oxygen atoms in total. The van der Waals surface area contributed by atoms with Crippen molar-refractivity contribution in [1.82, 2.24) is 4.98 Å². The molecule has 4 rings (SSSR count). The number of ether oxygens (including phenoxy) is 1. The number of carbonyl (C=O) groups excluding carboxylic acids is 1. The molecule has 0 amide bonds. The van der Waals surface area contributed by atoms with Crippen molar-refractivity contribution in [3.8, 4) is 17.0 Å². The number of hydrogen-bond acceptors (Lipinski definition) is 3. The molecule has 1 heterocycles. The molecule has 0 aliphatic heterocycles. The summed E-state index contributed by atoms with van der Waals surface area (Å²) in [4.78, 5) is 17.8. The first-order valence-electron chi connectivity index (χ1n) is 8.65. The van der Waals surface area contributed by atoms with Gasteiger partial charge in [0.25, 0.3) is 0 Å². The predicted octanol–water partition coefficient (Wildman–Crippen LogP) is 6.85. The number of nitrogens with zero attached hydrogens (tertiary/aromatic N) is 1. The maximum absolute atomic E-state index is 13.0. The molecule has 4 aromatic rings. The van der Waals surface area contributed by atoms with Gasteiger partial charge in [-0.15, -0.1) is 0 Å². The molecule has 5 heteroatoms. The topological polar surface area (TPSA) is 39.2 Å². The minimum atomic E-state index is -0.421. The van der Waals surface area contributed by atoms with Crippen LogP contribution in [0.5, 0.6) is 5.75 Å². The van der Waals surface area contributed by atoms with Gasteiger partial charge in [-0.2, -0.15) is 0 Å². The highest BCUT2D eigenvalue weighted by Gasteiger charge is 2.17. The molecule has 3 aromatic carbocycles. The predicted molar refractivity (Wildman–Crippen MR) is 116 cm³/mol. The zero-order valence-electron chi connectivity index (χ0n) is 14.9. The molecule has 28 heavy (non-hydrogen) atoms. The Morgan fingerprint density at radius 1 is 1.00 bits per heavy atom. The van der Waals surface area contributed by atoms with Gasteiger partial charge in [0, 0.05) is 20.4 Å². The summed E-state index contributed by atoms with van der Waals surface area (Å²) in [6.07, 6.45) is 0. The largest absolute Gasteiger partial charge is 0.423 e. The van der Waals surface area contributed by atoms with E-state index < -0.39 is 5.97 Å². The van der Waals surface area contributed by atoms with Crippen molar-refractivity contribution in [1.29, 1.82) is 0 Å². The third kappa shape index (κ3) is 3.79. The summed E-state index contributed by atoms with van der Waals surface area (Å²) in [6.45, 7) is 1.91. The zero-order chi connectivity index (χ0) is 19.7. The third-order valence-corrected chi connectivity index (χ3v) is 5.17. The molecule has 0 aliphatic carbocycles. The van der Waals surface area contributed by atoms with Crippen LogP contribution in [0.3, 0.4) is 0 Å². The Hall–Kier alpha value is -2.69. The lowest BCUT2D eigenvalue weighted by Gasteiger charge is -2.11. The van der Waals surface area contributed by atoms with Gasteiger partial charge in [0.05, 0.1) is 16.8 Å². The van der Waals surface area contributed by atoms with Gasteiger partial charge in [-0.1, -0.05) is 57.9 Å². The van der Waals surface area contributed by atoms with E-state index in [1.165, 1.54) is 0 Å². The van der Waals surface area contributed by atoms with Crippen LogP contribution in [0.1, 0.15) is 15.9 Å². The standard InChI is InChI=1S/C23H15BrClNO2/c1-14-4-2-3-5-22(14)28-23(27)19-13-21(15-6-9-17(25)10-7-15)26-20-11-8-16(24)12-18(19)20/h2-13H,1H3. The minimum Gasteiger partial charge on any atom is -0.423 e. The molecule has 0 radical (unpaired) electrons. The van der Waals surface area contributed by atoms with Gasteiger partial charge in [0.1, 0.15) is 5.75 Å². The molecule has 138 valence electrons. The number of carbonyl (C=O) groups is 1. The Bertz CT molecular complexity index is 1190. The first-order valence-corrected chi connectivity index (χ1v) is 9.82. The number of rotatable bonds is 3. The highest BCUT2D eigenvalue weighted by Crippen LogP contribution is 2.29. The van der Waals surface area contributed by atoms with Crippen LogP contribution in [-0.4, -0.2) is 11.0 Å². The molecule has 0 N–H and O–H groups in total. The maximum atomic E-state index is 13.0. The van der Waals surface area contributed by atoms with Crippen molar-refractivity contribution >= 4 is 44.4 Å². The molecule has 0 bridgehead atoms. The molecule has 0 fully saturated rings. The summed E-state index contributed by atoms with van der Waals surface area (Å²) in [7, 11) is 0. The van der Waals surface area contributed by atoms with Crippen LogP contribution in [0.4, 0.5) is 0 Å². The lowest BCUT2D eigenvalue weighted by molar-refractivity contribution is 0.0735. The number of esters is 1.